The third-order valence-electron chi connectivity index (χ3n) is 1.77. The molecule has 0 saturated heterocycles. The van der Waals surface area contributed by atoms with Gasteiger partial charge in [-0.2, -0.15) is 0 Å². The van der Waals surface area contributed by atoms with E-state index >= 15 is 0 Å². The Kier molecular flexibility index (Phi) is 5.04. The Balaban J connectivity index is 2.46. The highest BCUT2D eigenvalue weighted by molar-refractivity contribution is 8.13. The summed E-state index contributed by atoms with van der Waals surface area (Å²) in [6, 6.07) is 7.28. The van der Waals surface area contributed by atoms with Gasteiger partial charge in [0.05, 0.1) is 7.11 Å². The summed E-state index contributed by atoms with van der Waals surface area (Å²) in [6.45, 7) is 2.05. The zero-order valence-corrected chi connectivity index (χ0v) is 9.76. The Morgan fingerprint density at radius 1 is 1.40 bits per heavy atom. The van der Waals surface area contributed by atoms with Gasteiger partial charge >= 0.3 is 0 Å². The van der Waals surface area contributed by atoms with Crippen molar-refractivity contribution in [3.05, 3.63) is 24.3 Å². The van der Waals surface area contributed by atoms with E-state index in [9.17, 15) is 4.79 Å². The van der Waals surface area contributed by atoms with Crippen LogP contribution < -0.4 is 10.1 Å². The van der Waals surface area contributed by atoms with Crippen LogP contribution in [0.4, 0.5) is 10.5 Å². The Morgan fingerprint density at radius 2 is 2.07 bits per heavy atom. The van der Waals surface area contributed by atoms with Gasteiger partial charge in [-0.3, -0.25) is 4.79 Å². The quantitative estimate of drug-likeness (QED) is 0.853. The first-order valence-electron chi connectivity index (χ1n) is 4.84. The van der Waals surface area contributed by atoms with E-state index in [4.69, 9.17) is 4.74 Å². The second-order valence-corrected chi connectivity index (χ2v) is 4.06. The first-order valence-corrected chi connectivity index (χ1v) is 5.82. The Bertz CT molecular complexity index is 311. The van der Waals surface area contributed by atoms with Crippen molar-refractivity contribution in [3.8, 4) is 5.75 Å². The molecule has 0 aliphatic carbocycles. The lowest BCUT2D eigenvalue weighted by atomic mass is 10.3. The second-order valence-electron chi connectivity index (χ2n) is 2.99. The van der Waals surface area contributed by atoms with Gasteiger partial charge in [0, 0.05) is 11.4 Å². The molecule has 0 aliphatic heterocycles. The van der Waals surface area contributed by atoms with Gasteiger partial charge in [-0.25, -0.2) is 0 Å². The maximum absolute atomic E-state index is 11.3. The molecule has 3 nitrogen and oxygen atoms in total. The molecule has 0 spiro atoms. The van der Waals surface area contributed by atoms with E-state index in [-0.39, 0.29) is 5.24 Å². The molecule has 0 atom stereocenters. The number of benzene rings is 1. The molecule has 1 aromatic rings. The van der Waals surface area contributed by atoms with Gasteiger partial charge in [0.1, 0.15) is 5.75 Å². The van der Waals surface area contributed by atoms with Crippen LogP contribution in [0.2, 0.25) is 0 Å². The van der Waals surface area contributed by atoms with Gasteiger partial charge in [0.15, 0.2) is 0 Å². The van der Waals surface area contributed by atoms with Crippen molar-refractivity contribution in [1.29, 1.82) is 0 Å². The van der Waals surface area contributed by atoms with Crippen molar-refractivity contribution in [1.82, 2.24) is 0 Å². The van der Waals surface area contributed by atoms with Crippen LogP contribution in [0, 0.1) is 0 Å². The predicted molar refractivity (Wildman–Crippen MR) is 64.8 cm³/mol. The summed E-state index contributed by atoms with van der Waals surface area (Å²) >= 11 is 1.30. The summed E-state index contributed by atoms with van der Waals surface area (Å²) in [5.41, 5.74) is 0.796. The highest BCUT2D eigenvalue weighted by Gasteiger charge is 2.01. The van der Waals surface area contributed by atoms with Gasteiger partial charge in [-0.05, 0) is 30.7 Å². The number of amides is 1. The Hall–Kier alpha value is -1.16. The van der Waals surface area contributed by atoms with Gasteiger partial charge in [-0.15, -0.1) is 0 Å². The highest BCUT2D eigenvalue weighted by atomic mass is 32.2. The molecule has 0 unspecified atom stereocenters. The summed E-state index contributed by atoms with van der Waals surface area (Å²) in [7, 11) is 1.62. The van der Waals surface area contributed by atoms with Crippen LogP contribution in [0.25, 0.3) is 0 Å². The van der Waals surface area contributed by atoms with Crippen molar-refractivity contribution in [3.63, 3.8) is 0 Å². The maximum Gasteiger partial charge on any atom is 0.283 e. The molecule has 1 amide bonds. The van der Waals surface area contributed by atoms with Crippen molar-refractivity contribution < 1.29 is 9.53 Å². The van der Waals surface area contributed by atoms with E-state index in [0.29, 0.717) is 0 Å². The van der Waals surface area contributed by atoms with Gasteiger partial charge < -0.3 is 10.1 Å². The van der Waals surface area contributed by atoms with Crippen LogP contribution in [0.3, 0.4) is 0 Å². The van der Waals surface area contributed by atoms with Crippen LogP contribution in [0.1, 0.15) is 13.3 Å². The van der Waals surface area contributed by atoms with Crippen LogP contribution in [0.15, 0.2) is 24.3 Å². The molecule has 4 heteroatoms. The summed E-state index contributed by atoms with van der Waals surface area (Å²) in [6.07, 6.45) is 1.00. The summed E-state index contributed by atoms with van der Waals surface area (Å²) < 4.78 is 5.02. The highest BCUT2D eigenvalue weighted by Crippen LogP contribution is 2.16. The number of hydrogen-bond donors (Lipinski definition) is 1. The molecular formula is C11H15NO2S. The van der Waals surface area contributed by atoms with E-state index < -0.39 is 0 Å². The molecule has 0 fully saturated rings. The lowest BCUT2D eigenvalue weighted by Gasteiger charge is -2.05. The standard InChI is InChI=1S/C11H15NO2S/c1-3-8-15-11(13)12-9-4-6-10(14-2)7-5-9/h4-7H,3,8H2,1-2H3,(H,12,13). The van der Waals surface area contributed by atoms with E-state index in [2.05, 4.69) is 5.32 Å². The van der Waals surface area contributed by atoms with Crippen LogP contribution in [-0.2, 0) is 0 Å². The van der Waals surface area contributed by atoms with Gasteiger partial charge in [-0.1, -0.05) is 18.7 Å². The molecule has 15 heavy (non-hydrogen) atoms. The molecule has 0 radical (unpaired) electrons. The summed E-state index contributed by atoms with van der Waals surface area (Å²) in [5, 5.41) is 2.78. The topological polar surface area (TPSA) is 38.3 Å². The molecule has 1 aromatic carbocycles. The minimum Gasteiger partial charge on any atom is -0.497 e. The van der Waals surface area contributed by atoms with Crippen molar-refractivity contribution in [2.24, 2.45) is 0 Å². The fourth-order valence-corrected chi connectivity index (χ4v) is 1.60. The van der Waals surface area contributed by atoms with E-state index in [0.717, 1.165) is 23.6 Å². The molecular weight excluding hydrogens is 210 g/mol. The largest absolute Gasteiger partial charge is 0.497 e. The predicted octanol–water partition coefficient (Wildman–Crippen LogP) is 3.37. The number of thioether (sulfide) groups is 1. The third-order valence-corrected chi connectivity index (χ3v) is 2.75. The third kappa shape index (κ3) is 4.25. The zero-order valence-electron chi connectivity index (χ0n) is 8.95. The summed E-state index contributed by atoms with van der Waals surface area (Å²) in [4.78, 5) is 11.3. The molecule has 0 heterocycles. The average molecular weight is 225 g/mol. The Labute approximate surface area is 94.2 Å². The minimum atomic E-state index is -0.0120. The van der Waals surface area contributed by atoms with Crippen molar-refractivity contribution in [2.75, 3.05) is 18.2 Å². The van der Waals surface area contributed by atoms with E-state index in [1.807, 2.05) is 31.2 Å². The lowest BCUT2D eigenvalue weighted by molar-refractivity contribution is 0.270. The number of carbonyl (C=O) groups excluding carboxylic acids is 1. The van der Waals surface area contributed by atoms with E-state index in [1.54, 1.807) is 7.11 Å². The first-order chi connectivity index (χ1) is 7.26. The van der Waals surface area contributed by atoms with E-state index in [1.165, 1.54) is 11.8 Å². The molecule has 1 rings (SSSR count). The Morgan fingerprint density at radius 3 is 2.60 bits per heavy atom. The number of carbonyl (C=O) groups is 1. The number of anilines is 1. The number of ether oxygens (including phenoxy) is 1. The lowest BCUT2D eigenvalue weighted by Crippen LogP contribution is -2.05. The van der Waals surface area contributed by atoms with Gasteiger partial charge in [0.2, 0.25) is 0 Å². The normalized spacial score (nSPS) is 9.73. The van der Waals surface area contributed by atoms with Gasteiger partial charge in [0.25, 0.3) is 5.24 Å². The second kappa shape index (κ2) is 6.35. The monoisotopic (exact) mass is 225 g/mol. The smallest absolute Gasteiger partial charge is 0.283 e. The average Bonchev–Trinajstić information content (AvgIpc) is 2.27. The minimum absolute atomic E-state index is 0.0120. The maximum atomic E-state index is 11.3. The number of methoxy groups -OCH3 is 1. The van der Waals surface area contributed by atoms with Crippen LogP contribution in [-0.4, -0.2) is 18.1 Å². The molecule has 82 valence electrons. The molecule has 0 saturated carbocycles. The molecule has 0 bridgehead atoms. The number of rotatable bonds is 4. The molecule has 0 aromatic heterocycles. The van der Waals surface area contributed by atoms with Crippen molar-refractivity contribution in [2.45, 2.75) is 13.3 Å². The fraction of sp³-hybridized carbons (Fsp3) is 0.364. The van der Waals surface area contributed by atoms with Crippen LogP contribution >= 0.6 is 11.8 Å². The van der Waals surface area contributed by atoms with Crippen LogP contribution in [0.5, 0.6) is 5.75 Å². The SMILES string of the molecule is CCCSC(=O)Nc1ccc(OC)cc1. The molecule has 1 N–H and O–H groups in total. The summed E-state index contributed by atoms with van der Waals surface area (Å²) in [5.74, 6) is 1.64. The molecule has 0 aliphatic rings. The first kappa shape index (κ1) is 11.9. The number of nitrogens with one attached hydrogen (secondary N) is 1. The zero-order chi connectivity index (χ0) is 11.1. The van der Waals surface area contributed by atoms with Crippen molar-refractivity contribution >= 4 is 22.7 Å². The fourth-order valence-electron chi connectivity index (χ4n) is 1.02. The number of hydrogen-bond acceptors (Lipinski definition) is 3.